The lowest BCUT2D eigenvalue weighted by molar-refractivity contribution is 0.114. The summed E-state index contributed by atoms with van der Waals surface area (Å²) in [7, 11) is 0. The first-order valence-corrected chi connectivity index (χ1v) is 11.4. The monoisotopic (exact) mass is 423 g/mol. The molecule has 0 aromatic heterocycles. The van der Waals surface area contributed by atoms with Gasteiger partial charge in [0.15, 0.2) is 0 Å². The molecule has 31 heavy (non-hydrogen) atoms. The molecule has 166 valence electrons. The molecule has 0 bridgehead atoms. The maximum absolute atomic E-state index is 13.0. The van der Waals surface area contributed by atoms with E-state index in [1.165, 1.54) is 12.1 Å². The minimum Gasteiger partial charge on any atom is -0.492 e. The van der Waals surface area contributed by atoms with Crippen molar-refractivity contribution in [2.24, 2.45) is 0 Å². The first kappa shape index (κ1) is 23.2. The zero-order valence-corrected chi connectivity index (χ0v) is 18.6. The molecule has 0 spiro atoms. The van der Waals surface area contributed by atoms with Gasteiger partial charge in [0.1, 0.15) is 18.2 Å². The first-order valence-electron chi connectivity index (χ1n) is 11.4. The molecular weight excluding hydrogens is 389 g/mol. The number of nitriles is 1. The smallest absolute Gasteiger partial charge is 0.123 e. The summed E-state index contributed by atoms with van der Waals surface area (Å²) < 4.78 is 18.7. The normalized spacial score (nSPS) is 17.1. The molecule has 1 aliphatic heterocycles. The lowest BCUT2D eigenvalue weighted by Gasteiger charge is -2.35. The number of hydrogen-bond acceptors (Lipinski definition) is 4. The average Bonchev–Trinajstić information content (AvgIpc) is 2.81. The van der Waals surface area contributed by atoms with Crippen LogP contribution in [0, 0.1) is 17.1 Å². The van der Waals surface area contributed by atoms with Crippen molar-refractivity contribution in [2.45, 2.75) is 38.0 Å². The summed E-state index contributed by atoms with van der Waals surface area (Å²) in [5.41, 5.74) is 0.792. The second-order valence-electron chi connectivity index (χ2n) is 8.40. The molecule has 2 aromatic carbocycles. The van der Waals surface area contributed by atoms with E-state index in [-0.39, 0.29) is 11.2 Å². The van der Waals surface area contributed by atoms with Crippen molar-refractivity contribution in [1.82, 2.24) is 9.80 Å². The van der Waals surface area contributed by atoms with Gasteiger partial charge in [0, 0.05) is 32.7 Å². The van der Waals surface area contributed by atoms with Crippen molar-refractivity contribution >= 4 is 0 Å². The van der Waals surface area contributed by atoms with Gasteiger partial charge in [-0.05, 0) is 55.6 Å². The highest BCUT2D eigenvalue weighted by atomic mass is 19.1. The van der Waals surface area contributed by atoms with E-state index in [2.05, 4.69) is 34.9 Å². The van der Waals surface area contributed by atoms with Gasteiger partial charge in [-0.2, -0.15) is 5.26 Å². The van der Waals surface area contributed by atoms with Crippen LogP contribution < -0.4 is 4.74 Å². The zero-order valence-electron chi connectivity index (χ0n) is 18.6. The molecule has 1 aliphatic rings. The number of nitrogens with zero attached hydrogens (tertiary/aromatic N) is 3. The Balaban J connectivity index is 1.38. The lowest BCUT2D eigenvalue weighted by Crippen LogP contribution is -2.47. The van der Waals surface area contributed by atoms with Crippen LogP contribution >= 0.6 is 0 Å². The maximum Gasteiger partial charge on any atom is 0.123 e. The Morgan fingerprint density at radius 1 is 0.935 bits per heavy atom. The molecule has 3 rings (SSSR count). The molecular formula is C26H34FN3O. The molecule has 0 amide bonds. The van der Waals surface area contributed by atoms with Crippen molar-refractivity contribution in [1.29, 1.82) is 5.26 Å². The predicted octanol–water partition coefficient (Wildman–Crippen LogP) is 4.86. The molecule has 2 aromatic rings. The van der Waals surface area contributed by atoms with Crippen LogP contribution in [0.25, 0.3) is 0 Å². The van der Waals surface area contributed by atoms with Gasteiger partial charge in [-0.25, -0.2) is 4.39 Å². The molecule has 1 saturated heterocycles. The van der Waals surface area contributed by atoms with Gasteiger partial charge in [0.2, 0.25) is 0 Å². The van der Waals surface area contributed by atoms with Gasteiger partial charge in [-0.15, -0.1) is 0 Å². The molecule has 1 unspecified atom stereocenters. The zero-order chi connectivity index (χ0) is 21.9. The number of benzene rings is 2. The first-order chi connectivity index (χ1) is 15.1. The molecule has 0 saturated carbocycles. The number of halogens is 1. The number of rotatable bonds is 11. The maximum atomic E-state index is 13.0. The highest BCUT2D eigenvalue weighted by Crippen LogP contribution is 2.33. The minimum absolute atomic E-state index is 0.242. The van der Waals surface area contributed by atoms with Gasteiger partial charge in [-0.3, -0.25) is 4.90 Å². The van der Waals surface area contributed by atoms with Gasteiger partial charge in [-0.1, -0.05) is 43.7 Å². The summed E-state index contributed by atoms with van der Waals surface area (Å²) in [5.74, 6) is 0.473. The van der Waals surface area contributed by atoms with E-state index in [1.807, 2.05) is 18.2 Å². The van der Waals surface area contributed by atoms with Gasteiger partial charge < -0.3 is 9.64 Å². The second-order valence-corrected chi connectivity index (χ2v) is 8.40. The molecule has 4 nitrogen and oxygen atoms in total. The summed E-state index contributed by atoms with van der Waals surface area (Å²) in [6.45, 7) is 8.86. The van der Waals surface area contributed by atoms with Gasteiger partial charge in [0.25, 0.3) is 0 Å². The van der Waals surface area contributed by atoms with Crippen LogP contribution in [0.1, 0.15) is 38.2 Å². The highest BCUT2D eigenvalue weighted by Gasteiger charge is 2.31. The van der Waals surface area contributed by atoms with E-state index in [9.17, 15) is 9.65 Å². The van der Waals surface area contributed by atoms with E-state index in [1.54, 1.807) is 12.1 Å². The topological polar surface area (TPSA) is 39.5 Å². The van der Waals surface area contributed by atoms with Crippen LogP contribution in [0.3, 0.4) is 0 Å². The fourth-order valence-electron chi connectivity index (χ4n) is 4.44. The lowest BCUT2D eigenvalue weighted by atomic mass is 9.74. The third-order valence-corrected chi connectivity index (χ3v) is 6.25. The van der Waals surface area contributed by atoms with Crippen molar-refractivity contribution in [3.05, 3.63) is 66.0 Å². The third kappa shape index (κ3) is 6.78. The van der Waals surface area contributed by atoms with E-state index in [0.717, 1.165) is 70.5 Å². The van der Waals surface area contributed by atoms with Crippen LogP contribution in [-0.2, 0) is 5.41 Å². The largest absolute Gasteiger partial charge is 0.492 e. The fourth-order valence-corrected chi connectivity index (χ4v) is 4.44. The standard InChI is InChI=1S/C26H34FN3O/c1-2-13-26(22-28,23-7-4-3-5-8-23)14-6-15-29-16-18-30(19-17-29)20-21-31-25-11-9-24(27)10-12-25/h3-5,7-12H,2,6,13-21H2,1H3. The van der Waals surface area contributed by atoms with Crippen LogP contribution in [0.15, 0.2) is 54.6 Å². The summed E-state index contributed by atoms with van der Waals surface area (Å²) in [4.78, 5) is 4.93. The Morgan fingerprint density at radius 3 is 2.19 bits per heavy atom. The van der Waals surface area contributed by atoms with Crippen LogP contribution in [0.2, 0.25) is 0 Å². The quantitative estimate of drug-likeness (QED) is 0.517. The Kier molecular flexibility index (Phi) is 8.87. The summed E-state index contributed by atoms with van der Waals surface area (Å²) in [6, 6.07) is 19.1. The van der Waals surface area contributed by atoms with Crippen LogP contribution in [0.5, 0.6) is 5.75 Å². The van der Waals surface area contributed by atoms with E-state index in [0.29, 0.717) is 12.4 Å². The molecule has 1 atom stereocenters. The summed E-state index contributed by atoms with van der Waals surface area (Å²) in [5, 5.41) is 10.0. The Hall–Kier alpha value is -2.42. The van der Waals surface area contributed by atoms with Crippen molar-refractivity contribution < 1.29 is 9.13 Å². The summed E-state index contributed by atoms with van der Waals surface area (Å²) in [6.07, 6.45) is 3.87. The Labute approximate surface area is 186 Å². The van der Waals surface area contributed by atoms with Crippen molar-refractivity contribution in [3.63, 3.8) is 0 Å². The van der Waals surface area contributed by atoms with Crippen molar-refractivity contribution in [3.8, 4) is 11.8 Å². The highest BCUT2D eigenvalue weighted by molar-refractivity contribution is 5.32. The molecule has 1 heterocycles. The fraction of sp³-hybridized carbons (Fsp3) is 0.500. The Morgan fingerprint density at radius 2 is 1.58 bits per heavy atom. The minimum atomic E-state index is -0.366. The van der Waals surface area contributed by atoms with E-state index in [4.69, 9.17) is 4.74 Å². The third-order valence-electron chi connectivity index (χ3n) is 6.25. The molecule has 0 aliphatic carbocycles. The van der Waals surface area contributed by atoms with Crippen molar-refractivity contribution in [2.75, 3.05) is 45.9 Å². The molecule has 5 heteroatoms. The summed E-state index contributed by atoms with van der Waals surface area (Å²) >= 11 is 0. The molecule has 0 radical (unpaired) electrons. The molecule has 1 fully saturated rings. The molecule has 0 N–H and O–H groups in total. The SMILES string of the molecule is CCCC(C#N)(CCCN1CCN(CCOc2ccc(F)cc2)CC1)c1ccccc1. The van der Waals surface area contributed by atoms with Crippen LogP contribution in [0.4, 0.5) is 4.39 Å². The van der Waals surface area contributed by atoms with E-state index >= 15 is 0 Å². The average molecular weight is 424 g/mol. The van der Waals surface area contributed by atoms with E-state index < -0.39 is 0 Å². The number of piperazine rings is 1. The number of ether oxygens (including phenoxy) is 1. The van der Waals surface area contributed by atoms with Gasteiger partial charge in [0.05, 0.1) is 11.5 Å². The predicted molar refractivity (Wildman–Crippen MR) is 123 cm³/mol. The number of hydrogen-bond donors (Lipinski definition) is 0. The Bertz CT molecular complexity index is 813. The van der Waals surface area contributed by atoms with Gasteiger partial charge >= 0.3 is 0 Å². The van der Waals surface area contributed by atoms with Crippen LogP contribution in [-0.4, -0.2) is 55.7 Å². The second kappa shape index (κ2) is 11.8.